The van der Waals surface area contributed by atoms with Crippen LogP contribution in [-0.2, 0) is 16.6 Å². The van der Waals surface area contributed by atoms with Crippen molar-refractivity contribution in [1.29, 1.82) is 0 Å². The van der Waals surface area contributed by atoms with Crippen LogP contribution in [0.4, 0.5) is 5.69 Å². The van der Waals surface area contributed by atoms with Crippen LogP contribution in [0.2, 0.25) is 0 Å². The minimum absolute atomic E-state index is 0.00282. The molecule has 3 rings (SSSR count). The Balaban J connectivity index is 1.77. The number of hydrogen-bond donors (Lipinski definition) is 1. The van der Waals surface area contributed by atoms with E-state index in [1.165, 1.54) is 35.6 Å². The highest BCUT2D eigenvalue weighted by molar-refractivity contribution is 9.10. The Hall–Kier alpha value is -1.81. The van der Waals surface area contributed by atoms with E-state index in [4.69, 9.17) is 0 Å². The van der Waals surface area contributed by atoms with E-state index in [0.717, 1.165) is 19.4 Å². The minimum Gasteiger partial charge on any atom is -0.258 e. The SMILES string of the molecule is O=[N+]([O-])c1ccc(S(=O)(=O)NCc2cc3ccc(Br)cc3s2)cc1. The molecule has 0 atom stereocenters. The molecule has 9 heteroatoms. The molecule has 1 N–H and O–H groups in total. The topological polar surface area (TPSA) is 89.3 Å². The molecule has 24 heavy (non-hydrogen) atoms. The largest absolute Gasteiger partial charge is 0.269 e. The smallest absolute Gasteiger partial charge is 0.258 e. The fourth-order valence-corrected chi connectivity index (χ4v) is 4.80. The van der Waals surface area contributed by atoms with Crippen LogP contribution in [0.5, 0.6) is 0 Å². The first-order valence-corrected chi connectivity index (χ1v) is 9.86. The molecular weight excluding hydrogens is 416 g/mol. The zero-order valence-electron chi connectivity index (χ0n) is 12.1. The van der Waals surface area contributed by atoms with Crippen molar-refractivity contribution in [2.45, 2.75) is 11.4 Å². The summed E-state index contributed by atoms with van der Waals surface area (Å²) in [6.07, 6.45) is 0. The van der Waals surface area contributed by atoms with Crippen LogP contribution in [0.15, 0.2) is 57.9 Å². The fraction of sp³-hybridized carbons (Fsp3) is 0.0667. The van der Waals surface area contributed by atoms with Gasteiger partial charge in [-0.15, -0.1) is 11.3 Å². The maximum absolute atomic E-state index is 12.3. The van der Waals surface area contributed by atoms with Crippen molar-refractivity contribution in [1.82, 2.24) is 4.72 Å². The number of nitrogens with one attached hydrogen (secondary N) is 1. The molecule has 0 saturated heterocycles. The third kappa shape index (κ3) is 3.64. The quantitative estimate of drug-likeness (QED) is 0.492. The normalized spacial score (nSPS) is 11.7. The van der Waals surface area contributed by atoms with E-state index in [1.807, 2.05) is 24.3 Å². The van der Waals surface area contributed by atoms with Crippen LogP contribution in [0.1, 0.15) is 4.88 Å². The van der Waals surface area contributed by atoms with Gasteiger partial charge in [0.1, 0.15) is 0 Å². The molecule has 2 aromatic carbocycles. The third-order valence-corrected chi connectivity index (χ3v) is 6.34. The molecule has 3 aromatic rings. The highest BCUT2D eigenvalue weighted by atomic mass is 79.9. The van der Waals surface area contributed by atoms with E-state index in [-0.39, 0.29) is 17.1 Å². The summed E-state index contributed by atoms with van der Waals surface area (Å²) >= 11 is 4.91. The molecule has 0 aliphatic carbocycles. The zero-order valence-corrected chi connectivity index (χ0v) is 15.3. The molecule has 0 amide bonds. The third-order valence-electron chi connectivity index (χ3n) is 3.33. The van der Waals surface area contributed by atoms with Gasteiger partial charge < -0.3 is 0 Å². The molecule has 124 valence electrons. The number of hydrogen-bond acceptors (Lipinski definition) is 5. The van der Waals surface area contributed by atoms with Crippen molar-refractivity contribution in [2.75, 3.05) is 0 Å². The van der Waals surface area contributed by atoms with Gasteiger partial charge in [0.25, 0.3) is 5.69 Å². The number of thiophene rings is 1. The monoisotopic (exact) mass is 426 g/mol. The van der Waals surface area contributed by atoms with Gasteiger partial charge in [-0.2, -0.15) is 0 Å². The summed E-state index contributed by atoms with van der Waals surface area (Å²) in [6, 6.07) is 12.6. The second-order valence-corrected chi connectivity index (χ2v) is 8.82. The van der Waals surface area contributed by atoms with Gasteiger partial charge in [-0.25, -0.2) is 13.1 Å². The second-order valence-electron chi connectivity index (χ2n) is 4.97. The Bertz CT molecular complexity index is 1010. The predicted octanol–water partition coefficient (Wildman–Crippen LogP) is 4.05. The Morgan fingerprint density at radius 3 is 2.50 bits per heavy atom. The van der Waals surface area contributed by atoms with Crippen LogP contribution in [-0.4, -0.2) is 13.3 Å². The summed E-state index contributed by atoms with van der Waals surface area (Å²) in [4.78, 5) is 10.9. The van der Waals surface area contributed by atoms with Gasteiger partial charge in [-0.3, -0.25) is 10.1 Å². The molecule has 0 unspecified atom stereocenters. The molecule has 0 aliphatic heterocycles. The molecule has 0 saturated carbocycles. The second kappa shape index (κ2) is 6.60. The van der Waals surface area contributed by atoms with E-state index in [9.17, 15) is 18.5 Å². The molecule has 0 radical (unpaired) electrons. The lowest BCUT2D eigenvalue weighted by Crippen LogP contribution is -2.22. The molecule has 0 bridgehead atoms. The van der Waals surface area contributed by atoms with Crippen molar-refractivity contribution in [3.8, 4) is 0 Å². The Morgan fingerprint density at radius 2 is 1.83 bits per heavy atom. The number of benzene rings is 2. The highest BCUT2D eigenvalue weighted by Gasteiger charge is 2.16. The van der Waals surface area contributed by atoms with E-state index >= 15 is 0 Å². The Labute approximate surface area is 150 Å². The van der Waals surface area contributed by atoms with Crippen LogP contribution in [0, 0.1) is 10.1 Å². The average Bonchev–Trinajstić information content (AvgIpc) is 2.95. The summed E-state index contributed by atoms with van der Waals surface area (Å²) in [7, 11) is -3.72. The lowest BCUT2D eigenvalue weighted by Gasteiger charge is -2.05. The van der Waals surface area contributed by atoms with Gasteiger partial charge in [-0.1, -0.05) is 22.0 Å². The number of nitro groups is 1. The summed E-state index contributed by atoms with van der Waals surface area (Å²) < 4.78 is 29.1. The van der Waals surface area contributed by atoms with E-state index in [0.29, 0.717) is 0 Å². The summed E-state index contributed by atoms with van der Waals surface area (Å²) in [5.41, 5.74) is -0.149. The fourth-order valence-electron chi connectivity index (χ4n) is 2.14. The van der Waals surface area contributed by atoms with Crippen LogP contribution >= 0.6 is 27.3 Å². The lowest BCUT2D eigenvalue weighted by molar-refractivity contribution is -0.384. The lowest BCUT2D eigenvalue weighted by atomic mass is 10.2. The van der Waals surface area contributed by atoms with Gasteiger partial charge >= 0.3 is 0 Å². The van der Waals surface area contributed by atoms with E-state index in [1.54, 1.807) is 0 Å². The average molecular weight is 427 g/mol. The first-order valence-electron chi connectivity index (χ1n) is 6.77. The molecule has 1 aromatic heterocycles. The maximum atomic E-state index is 12.3. The Morgan fingerprint density at radius 1 is 1.12 bits per heavy atom. The van der Waals surface area contributed by atoms with Gasteiger partial charge in [0, 0.05) is 32.7 Å². The summed E-state index contributed by atoms with van der Waals surface area (Å²) in [6.45, 7) is 0.163. The molecule has 6 nitrogen and oxygen atoms in total. The number of rotatable bonds is 5. The van der Waals surface area contributed by atoms with Crippen molar-refractivity contribution in [2.24, 2.45) is 0 Å². The maximum Gasteiger partial charge on any atom is 0.269 e. The van der Waals surface area contributed by atoms with Gasteiger partial charge in [0.15, 0.2) is 0 Å². The number of sulfonamides is 1. The number of halogens is 1. The number of nitrogens with zero attached hydrogens (tertiary/aromatic N) is 1. The minimum atomic E-state index is -3.72. The van der Waals surface area contributed by atoms with Crippen LogP contribution < -0.4 is 4.72 Å². The van der Waals surface area contributed by atoms with Gasteiger partial charge in [-0.05, 0) is 35.7 Å². The van der Waals surface area contributed by atoms with Crippen LogP contribution in [0.25, 0.3) is 10.1 Å². The van der Waals surface area contributed by atoms with Crippen molar-refractivity contribution >= 4 is 53.1 Å². The first kappa shape index (κ1) is 17.0. The zero-order chi connectivity index (χ0) is 17.3. The van der Waals surface area contributed by atoms with E-state index < -0.39 is 14.9 Å². The van der Waals surface area contributed by atoms with Gasteiger partial charge in [0.2, 0.25) is 10.0 Å². The molecule has 0 spiro atoms. The van der Waals surface area contributed by atoms with Crippen molar-refractivity contribution in [3.05, 3.63) is 68.0 Å². The number of non-ortho nitro benzene ring substituents is 1. The van der Waals surface area contributed by atoms with Crippen LogP contribution in [0.3, 0.4) is 0 Å². The number of fused-ring (bicyclic) bond motifs is 1. The van der Waals surface area contributed by atoms with Gasteiger partial charge in [0.05, 0.1) is 9.82 Å². The molecule has 0 fully saturated rings. The summed E-state index contributed by atoms with van der Waals surface area (Å²) in [5.74, 6) is 0. The standard InChI is InChI=1S/C15H11BrN2O4S2/c16-11-2-1-10-7-13(23-15(10)8-11)9-17-24(21,22)14-5-3-12(4-6-14)18(19)20/h1-8,17H,9H2. The first-order chi connectivity index (χ1) is 11.3. The highest BCUT2D eigenvalue weighted by Crippen LogP contribution is 2.28. The van der Waals surface area contributed by atoms with Crippen molar-refractivity contribution in [3.63, 3.8) is 0 Å². The predicted molar refractivity (Wildman–Crippen MR) is 96.6 cm³/mol. The number of nitro benzene ring substituents is 1. The molecule has 1 heterocycles. The summed E-state index contributed by atoms with van der Waals surface area (Å²) in [5, 5.41) is 11.7. The Kier molecular flexibility index (Phi) is 4.68. The molecular formula is C15H11BrN2O4S2. The molecule has 0 aliphatic rings. The van der Waals surface area contributed by atoms with E-state index in [2.05, 4.69) is 20.7 Å². The van der Waals surface area contributed by atoms with Crippen molar-refractivity contribution < 1.29 is 13.3 Å².